The fourth-order valence-corrected chi connectivity index (χ4v) is 2.23. The van der Waals surface area contributed by atoms with Crippen LogP contribution in [-0.4, -0.2) is 30.0 Å². The predicted octanol–water partition coefficient (Wildman–Crippen LogP) is 1.70. The predicted molar refractivity (Wildman–Crippen MR) is 72.1 cm³/mol. The number of nitrogens with zero attached hydrogens (tertiary/aromatic N) is 2. The van der Waals surface area contributed by atoms with Crippen molar-refractivity contribution in [1.29, 1.82) is 0 Å². The summed E-state index contributed by atoms with van der Waals surface area (Å²) >= 11 is 0. The van der Waals surface area contributed by atoms with Crippen molar-refractivity contribution in [3.05, 3.63) is 34.4 Å². The van der Waals surface area contributed by atoms with Gasteiger partial charge in [0, 0.05) is 43.4 Å². The number of benzene rings is 1. The van der Waals surface area contributed by atoms with Gasteiger partial charge in [-0.25, -0.2) is 0 Å². The molecule has 102 valence electrons. The molecule has 0 spiro atoms. The molecule has 0 bridgehead atoms. The number of non-ortho nitro benzene ring substituents is 1. The Morgan fingerprint density at radius 1 is 1.47 bits per heavy atom. The SMILES string of the molecule is CCC(=O)NC1CCN(c2ccc([N+](=O)[O-])cc2)C1. The Morgan fingerprint density at radius 3 is 2.74 bits per heavy atom. The minimum absolute atomic E-state index is 0.0653. The van der Waals surface area contributed by atoms with E-state index in [1.807, 2.05) is 6.92 Å². The van der Waals surface area contributed by atoms with Crippen molar-refractivity contribution in [2.45, 2.75) is 25.8 Å². The van der Waals surface area contributed by atoms with Crippen molar-refractivity contribution in [1.82, 2.24) is 5.32 Å². The fourth-order valence-electron chi connectivity index (χ4n) is 2.23. The van der Waals surface area contributed by atoms with Crippen LogP contribution < -0.4 is 10.2 Å². The van der Waals surface area contributed by atoms with Crippen molar-refractivity contribution >= 4 is 17.3 Å². The second-order valence-corrected chi connectivity index (χ2v) is 4.63. The van der Waals surface area contributed by atoms with E-state index in [1.165, 1.54) is 12.1 Å². The highest BCUT2D eigenvalue weighted by atomic mass is 16.6. The second kappa shape index (κ2) is 5.69. The number of rotatable bonds is 4. The number of nitro groups is 1. The van der Waals surface area contributed by atoms with Gasteiger partial charge in [0.25, 0.3) is 5.69 Å². The quantitative estimate of drug-likeness (QED) is 0.662. The summed E-state index contributed by atoms with van der Waals surface area (Å²) in [5, 5.41) is 13.6. The van der Waals surface area contributed by atoms with Crippen molar-refractivity contribution in [3.63, 3.8) is 0 Å². The third kappa shape index (κ3) is 3.21. The van der Waals surface area contributed by atoms with Gasteiger partial charge in [-0.3, -0.25) is 14.9 Å². The summed E-state index contributed by atoms with van der Waals surface area (Å²) in [7, 11) is 0. The van der Waals surface area contributed by atoms with E-state index in [0.29, 0.717) is 6.42 Å². The summed E-state index contributed by atoms with van der Waals surface area (Å²) in [5.41, 5.74) is 1.05. The maximum atomic E-state index is 11.3. The molecule has 1 unspecified atom stereocenters. The minimum Gasteiger partial charge on any atom is -0.369 e. The molecule has 1 saturated heterocycles. The van der Waals surface area contributed by atoms with Crippen LogP contribution in [0.4, 0.5) is 11.4 Å². The van der Waals surface area contributed by atoms with Crippen LogP contribution in [0.15, 0.2) is 24.3 Å². The molecule has 1 aromatic rings. The van der Waals surface area contributed by atoms with E-state index in [2.05, 4.69) is 10.2 Å². The average molecular weight is 263 g/mol. The van der Waals surface area contributed by atoms with Gasteiger partial charge in [-0.1, -0.05) is 6.92 Å². The smallest absolute Gasteiger partial charge is 0.269 e. The molecule has 1 aliphatic rings. The van der Waals surface area contributed by atoms with Gasteiger partial charge < -0.3 is 10.2 Å². The van der Waals surface area contributed by atoms with Crippen LogP contribution in [0.2, 0.25) is 0 Å². The standard InChI is InChI=1S/C13H17N3O3/c1-2-13(17)14-10-7-8-15(9-10)11-3-5-12(6-4-11)16(18)19/h3-6,10H,2,7-9H2,1H3,(H,14,17). The third-order valence-electron chi connectivity index (χ3n) is 3.30. The molecule has 1 N–H and O–H groups in total. The summed E-state index contributed by atoms with van der Waals surface area (Å²) < 4.78 is 0. The zero-order valence-electron chi connectivity index (χ0n) is 10.8. The van der Waals surface area contributed by atoms with Crippen LogP contribution in [-0.2, 0) is 4.79 Å². The van der Waals surface area contributed by atoms with Gasteiger partial charge in [0.05, 0.1) is 4.92 Å². The molecule has 6 nitrogen and oxygen atoms in total. The van der Waals surface area contributed by atoms with E-state index in [9.17, 15) is 14.9 Å². The number of carbonyl (C=O) groups excluding carboxylic acids is 1. The molecule has 1 amide bonds. The number of hydrogen-bond acceptors (Lipinski definition) is 4. The average Bonchev–Trinajstić information content (AvgIpc) is 2.87. The summed E-state index contributed by atoms with van der Waals surface area (Å²) in [6, 6.07) is 6.69. The van der Waals surface area contributed by atoms with Crippen LogP contribution in [0.3, 0.4) is 0 Å². The lowest BCUT2D eigenvalue weighted by Gasteiger charge is -2.18. The lowest BCUT2D eigenvalue weighted by molar-refractivity contribution is -0.384. The molecule has 19 heavy (non-hydrogen) atoms. The Kier molecular flexibility index (Phi) is 3.99. The summed E-state index contributed by atoms with van der Waals surface area (Å²) in [5.74, 6) is 0.0653. The molecule has 0 aromatic heterocycles. The minimum atomic E-state index is -0.405. The number of anilines is 1. The number of hydrogen-bond donors (Lipinski definition) is 1. The van der Waals surface area contributed by atoms with E-state index in [1.54, 1.807) is 12.1 Å². The first-order chi connectivity index (χ1) is 9.10. The Labute approximate surface area is 111 Å². The Balaban J connectivity index is 1.96. The van der Waals surface area contributed by atoms with Crippen LogP contribution >= 0.6 is 0 Å². The molecule has 1 aromatic carbocycles. The molecule has 1 heterocycles. The van der Waals surface area contributed by atoms with E-state index >= 15 is 0 Å². The molecule has 1 fully saturated rings. The van der Waals surface area contributed by atoms with Crippen LogP contribution in [0, 0.1) is 10.1 Å². The van der Waals surface area contributed by atoms with Gasteiger partial charge >= 0.3 is 0 Å². The van der Waals surface area contributed by atoms with Crippen molar-refractivity contribution in [2.75, 3.05) is 18.0 Å². The Bertz CT molecular complexity index is 473. The van der Waals surface area contributed by atoms with Crippen LogP contribution in [0.5, 0.6) is 0 Å². The topological polar surface area (TPSA) is 75.5 Å². The molecule has 0 radical (unpaired) electrons. The van der Waals surface area contributed by atoms with Gasteiger partial charge in [0.1, 0.15) is 0 Å². The van der Waals surface area contributed by atoms with E-state index in [-0.39, 0.29) is 17.6 Å². The molecule has 0 saturated carbocycles. The Hall–Kier alpha value is -2.11. The highest BCUT2D eigenvalue weighted by Crippen LogP contribution is 2.23. The molecule has 2 rings (SSSR count). The van der Waals surface area contributed by atoms with Gasteiger partial charge in [-0.05, 0) is 18.6 Å². The van der Waals surface area contributed by atoms with Gasteiger partial charge in [-0.15, -0.1) is 0 Å². The second-order valence-electron chi connectivity index (χ2n) is 4.63. The number of nitro benzene ring substituents is 1. The van der Waals surface area contributed by atoms with Crippen LogP contribution in [0.1, 0.15) is 19.8 Å². The van der Waals surface area contributed by atoms with Crippen LogP contribution in [0.25, 0.3) is 0 Å². The zero-order valence-corrected chi connectivity index (χ0v) is 10.8. The highest BCUT2D eigenvalue weighted by molar-refractivity contribution is 5.76. The third-order valence-corrected chi connectivity index (χ3v) is 3.30. The molecular weight excluding hydrogens is 246 g/mol. The monoisotopic (exact) mass is 263 g/mol. The molecule has 1 aliphatic heterocycles. The van der Waals surface area contributed by atoms with Crippen molar-refractivity contribution < 1.29 is 9.72 Å². The first-order valence-electron chi connectivity index (χ1n) is 6.39. The lowest BCUT2D eigenvalue weighted by atomic mass is 10.2. The summed E-state index contributed by atoms with van der Waals surface area (Å²) in [6.07, 6.45) is 1.40. The first kappa shape index (κ1) is 13.3. The number of nitrogens with one attached hydrogen (secondary N) is 1. The summed E-state index contributed by atoms with van der Waals surface area (Å²) in [4.78, 5) is 23.6. The van der Waals surface area contributed by atoms with Gasteiger partial charge in [0.15, 0.2) is 0 Å². The molecule has 1 atom stereocenters. The van der Waals surface area contributed by atoms with E-state index in [0.717, 1.165) is 25.2 Å². The molecule has 0 aliphatic carbocycles. The maximum absolute atomic E-state index is 11.3. The van der Waals surface area contributed by atoms with Gasteiger partial charge in [-0.2, -0.15) is 0 Å². The number of amides is 1. The fraction of sp³-hybridized carbons (Fsp3) is 0.462. The van der Waals surface area contributed by atoms with E-state index in [4.69, 9.17) is 0 Å². The number of carbonyl (C=O) groups is 1. The molecular formula is C13H17N3O3. The normalized spacial score (nSPS) is 18.4. The van der Waals surface area contributed by atoms with Crippen molar-refractivity contribution in [3.8, 4) is 0 Å². The molecule has 6 heteroatoms. The maximum Gasteiger partial charge on any atom is 0.269 e. The summed E-state index contributed by atoms with van der Waals surface area (Å²) in [6.45, 7) is 3.44. The Morgan fingerprint density at radius 2 is 2.16 bits per heavy atom. The van der Waals surface area contributed by atoms with E-state index < -0.39 is 4.92 Å². The highest BCUT2D eigenvalue weighted by Gasteiger charge is 2.23. The lowest BCUT2D eigenvalue weighted by Crippen LogP contribution is -2.36. The van der Waals surface area contributed by atoms with Crippen molar-refractivity contribution in [2.24, 2.45) is 0 Å². The largest absolute Gasteiger partial charge is 0.369 e. The van der Waals surface area contributed by atoms with Gasteiger partial charge in [0.2, 0.25) is 5.91 Å². The first-order valence-corrected chi connectivity index (χ1v) is 6.39. The zero-order chi connectivity index (χ0) is 13.8.